The maximum atomic E-state index is 13.8. The molecule has 0 spiro atoms. The highest BCUT2D eigenvalue weighted by Crippen LogP contribution is 2.46. The van der Waals surface area contributed by atoms with Crippen LogP contribution in [-0.2, 0) is 19.1 Å². The molecule has 2 N–H and O–H groups in total. The first-order valence-electron chi connectivity index (χ1n) is 12.3. The lowest BCUT2D eigenvalue weighted by Crippen LogP contribution is -2.55. The molecule has 182 valence electrons. The van der Waals surface area contributed by atoms with E-state index >= 15 is 0 Å². The lowest BCUT2D eigenvalue weighted by molar-refractivity contribution is -0.156. The van der Waals surface area contributed by atoms with Crippen molar-refractivity contribution < 1.29 is 24.2 Å². The number of aliphatic hydroxyl groups excluding tert-OH is 1. The quantitative estimate of drug-likeness (QED) is 0.373. The largest absolute Gasteiger partial charge is 0.466 e. The number of carbonyl (C=O) groups excluding carboxylic acids is 3. The van der Waals surface area contributed by atoms with Gasteiger partial charge in [0, 0.05) is 12.0 Å². The fourth-order valence-electron chi connectivity index (χ4n) is 5.42. The number of fused-ring (bicyclic) bond motifs is 1. The van der Waals surface area contributed by atoms with Crippen LogP contribution in [-0.4, -0.2) is 59.1 Å². The fourth-order valence-corrected chi connectivity index (χ4v) is 5.42. The molecule has 2 aliphatic rings. The number of hydrogen-bond donors (Lipinski definition) is 2. The predicted octanol–water partition coefficient (Wildman–Crippen LogP) is 2.92. The van der Waals surface area contributed by atoms with Crippen molar-refractivity contribution in [3.63, 3.8) is 0 Å². The Labute approximate surface area is 192 Å². The Morgan fingerprint density at radius 2 is 1.84 bits per heavy atom. The van der Waals surface area contributed by atoms with Gasteiger partial charge in [0.2, 0.25) is 11.8 Å². The first kappa shape index (κ1) is 26.4. The molecule has 1 saturated heterocycles. The maximum Gasteiger partial charge on any atom is 0.310 e. The van der Waals surface area contributed by atoms with Crippen LogP contribution >= 0.6 is 0 Å². The number of nitrogens with zero attached hydrogens (tertiary/aromatic N) is 1. The summed E-state index contributed by atoms with van der Waals surface area (Å²) in [4.78, 5) is 41.9. The highest BCUT2D eigenvalue weighted by molar-refractivity contribution is 5.96. The Hall–Kier alpha value is -1.89. The van der Waals surface area contributed by atoms with Crippen LogP contribution in [0.3, 0.4) is 0 Å². The molecule has 0 radical (unpaired) electrons. The van der Waals surface area contributed by atoms with Gasteiger partial charge in [-0.15, -0.1) is 0 Å². The molecule has 1 unspecified atom stereocenters. The molecule has 7 heteroatoms. The third-order valence-electron chi connectivity index (χ3n) is 6.92. The minimum atomic E-state index is -0.748. The molecule has 32 heavy (non-hydrogen) atoms. The summed E-state index contributed by atoms with van der Waals surface area (Å²) < 4.78 is 5.38. The smallest absolute Gasteiger partial charge is 0.310 e. The highest BCUT2D eigenvalue weighted by Gasteiger charge is 2.59. The van der Waals surface area contributed by atoms with Crippen molar-refractivity contribution in [2.75, 3.05) is 13.2 Å². The van der Waals surface area contributed by atoms with Crippen molar-refractivity contribution in [3.8, 4) is 0 Å². The first-order valence-corrected chi connectivity index (χ1v) is 12.3. The van der Waals surface area contributed by atoms with E-state index in [1.807, 2.05) is 32.9 Å². The summed E-state index contributed by atoms with van der Waals surface area (Å²) in [5.74, 6) is -2.64. The molecule has 0 aromatic carbocycles. The maximum absolute atomic E-state index is 13.8. The van der Waals surface area contributed by atoms with E-state index in [1.54, 1.807) is 11.8 Å². The van der Waals surface area contributed by atoms with Crippen molar-refractivity contribution >= 4 is 17.8 Å². The summed E-state index contributed by atoms with van der Waals surface area (Å²) in [6.07, 6.45) is 7.40. The monoisotopic (exact) mass is 450 g/mol. The molecule has 0 aromatic heterocycles. The van der Waals surface area contributed by atoms with Gasteiger partial charge in [-0.05, 0) is 38.5 Å². The average Bonchev–Trinajstić information content (AvgIpc) is 3.01. The number of esters is 1. The van der Waals surface area contributed by atoms with Crippen LogP contribution in [0.15, 0.2) is 12.2 Å². The molecule has 2 amide bonds. The molecular formula is C25H42N2O5. The summed E-state index contributed by atoms with van der Waals surface area (Å²) >= 11 is 0. The number of ether oxygens (including phenoxy) is 1. The predicted molar refractivity (Wildman–Crippen MR) is 123 cm³/mol. The Kier molecular flexibility index (Phi) is 9.74. The van der Waals surface area contributed by atoms with Gasteiger partial charge in [0.1, 0.15) is 6.04 Å². The molecule has 1 aliphatic carbocycles. The molecule has 0 saturated carbocycles. The van der Waals surface area contributed by atoms with E-state index in [-0.39, 0.29) is 48.9 Å². The van der Waals surface area contributed by atoms with Crippen molar-refractivity contribution in [3.05, 3.63) is 12.2 Å². The first-order chi connectivity index (χ1) is 15.2. The summed E-state index contributed by atoms with van der Waals surface area (Å²) in [6, 6.07) is -1.26. The van der Waals surface area contributed by atoms with Gasteiger partial charge in [0.05, 0.1) is 31.1 Å². The second kappa shape index (κ2) is 11.8. The second-order valence-electron chi connectivity index (χ2n) is 9.60. The van der Waals surface area contributed by atoms with Crippen LogP contribution in [0, 0.1) is 29.6 Å². The van der Waals surface area contributed by atoms with E-state index in [2.05, 4.69) is 19.2 Å². The van der Waals surface area contributed by atoms with E-state index in [1.165, 1.54) is 0 Å². The van der Waals surface area contributed by atoms with Crippen LogP contribution in [0.25, 0.3) is 0 Å². The molecule has 1 heterocycles. The second-order valence-corrected chi connectivity index (χ2v) is 9.60. The zero-order chi connectivity index (χ0) is 24.0. The van der Waals surface area contributed by atoms with Crippen molar-refractivity contribution in [1.82, 2.24) is 10.2 Å². The van der Waals surface area contributed by atoms with E-state index in [9.17, 15) is 19.5 Å². The molecule has 0 bridgehead atoms. The fraction of sp³-hybridized carbons (Fsp3) is 0.800. The number of carbonyl (C=O) groups is 3. The summed E-state index contributed by atoms with van der Waals surface area (Å²) in [5, 5.41) is 13.2. The summed E-state index contributed by atoms with van der Waals surface area (Å²) in [7, 11) is 0. The Bertz CT molecular complexity index is 692. The number of rotatable bonds is 11. The van der Waals surface area contributed by atoms with Gasteiger partial charge < -0.3 is 20.1 Å². The SMILES string of the molecule is CCCC(C)NC(=O)[C@@H]1[C@H]2C=C[C@@H](CCC)[C@@H](C(=O)OCC)[C@H]2C(=O)N1[C@@H](CO)C(C)C. The van der Waals surface area contributed by atoms with Gasteiger partial charge in [-0.25, -0.2) is 0 Å². The third-order valence-corrected chi connectivity index (χ3v) is 6.92. The van der Waals surface area contributed by atoms with Gasteiger partial charge in [-0.2, -0.15) is 0 Å². The number of allylic oxidation sites excluding steroid dienone is 1. The summed E-state index contributed by atoms with van der Waals surface area (Å²) in [6.45, 7) is 11.7. The van der Waals surface area contributed by atoms with E-state index in [0.29, 0.717) is 0 Å². The minimum Gasteiger partial charge on any atom is -0.466 e. The van der Waals surface area contributed by atoms with Gasteiger partial charge in [-0.1, -0.05) is 52.7 Å². The topological polar surface area (TPSA) is 95.9 Å². The van der Waals surface area contributed by atoms with E-state index in [0.717, 1.165) is 25.7 Å². The normalized spacial score (nSPS) is 29.1. The number of amides is 2. The van der Waals surface area contributed by atoms with Crippen molar-refractivity contribution in [1.29, 1.82) is 0 Å². The number of aliphatic hydroxyl groups is 1. The number of hydrogen-bond acceptors (Lipinski definition) is 5. The van der Waals surface area contributed by atoms with Gasteiger partial charge in [0.25, 0.3) is 0 Å². The molecule has 0 aromatic rings. The molecule has 1 aliphatic heterocycles. The lowest BCUT2D eigenvalue weighted by atomic mass is 9.68. The highest BCUT2D eigenvalue weighted by atomic mass is 16.5. The average molecular weight is 451 g/mol. The summed E-state index contributed by atoms with van der Waals surface area (Å²) in [5.41, 5.74) is 0. The molecule has 7 nitrogen and oxygen atoms in total. The minimum absolute atomic E-state index is 0.0172. The van der Waals surface area contributed by atoms with E-state index < -0.39 is 29.8 Å². The van der Waals surface area contributed by atoms with Crippen LogP contribution in [0.1, 0.15) is 67.2 Å². The Morgan fingerprint density at radius 3 is 2.38 bits per heavy atom. The van der Waals surface area contributed by atoms with Gasteiger partial charge >= 0.3 is 5.97 Å². The van der Waals surface area contributed by atoms with Crippen molar-refractivity contribution in [2.45, 2.75) is 85.4 Å². The van der Waals surface area contributed by atoms with Gasteiger partial charge in [-0.3, -0.25) is 14.4 Å². The van der Waals surface area contributed by atoms with E-state index in [4.69, 9.17) is 4.74 Å². The van der Waals surface area contributed by atoms with Crippen LogP contribution in [0.5, 0.6) is 0 Å². The van der Waals surface area contributed by atoms with Crippen LogP contribution in [0.2, 0.25) is 0 Å². The Morgan fingerprint density at radius 1 is 1.16 bits per heavy atom. The standard InChI is InChI=1S/C25H42N2O5/c1-7-10-16(6)26-23(29)22-18-13-12-17(11-8-2)20(25(31)32-9-3)21(18)24(30)27(22)19(14-28)15(4)5/h12-13,15-22,28H,7-11,14H2,1-6H3,(H,26,29)/t16?,17-,18+,19+,20-,21+,22+/m1/s1. The zero-order valence-corrected chi connectivity index (χ0v) is 20.5. The third kappa shape index (κ3) is 5.36. The van der Waals surface area contributed by atoms with Crippen molar-refractivity contribution in [2.24, 2.45) is 29.6 Å². The molecule has 1 fully saturated rings. The van der Waals surface area contributed by atoms with Crippen LogP contribution < -0.4 is 5.32 Å². The number of nitrogens with one attached hydrogen (secondary N) is 1. The number of likely N-dealkylation sites (tertiary alicyclic amines) is 1. The zero-order valence-electron chi connectivity index (χ0n) is 20.5. The molecule has 2 rings (SSSR count). The molecular weight excluding hydrogens is 408 g/mol. The Balaban J connectivity index is 2.52. The van der Waals surface area contributed by atoms with Crippen LogP contribution in [0.4, 0.5) is 0 Å². The van der Waals surface area contributed by atoms with Gasteiger partial charge in [0.15, 0.2) is 0 Å². The lowest BCUT2D eigenvalue weighted by Gasteiger charge is -2.35. The molecule has 7 atom stereocenters.